The molecule has 208 valence electrons. The Bertz CT molecular complexity index is 1670. The van der Waals surface area contributed by atoms with Crippen molar-refractivity contribution in [1.82, 2.24) is 5.32 Å². The molecule has 10 heteroatoms. The number of nitrogens with one attached hydrogen (secondary N) is 1. The quantitative estimate of drug-likeness (QED) is 0.331. The number of amides is 1. The molecule has 0 bridgehead atoms. The normalized spacial score (nSPS) is 17.2. The first kappa shape index (κ1) is 26.3. The lowest BCUT2D eigenvalue weighted by atomic mass is 10.00. The van der Waals surface area contributed by atoms with Gasteiger partial charge in [-0.15, -0.1) is 0 Å². The van der Waals surface area contributed by atoms with E-state index in [2.05, 4.69) is 10.6 Å². The lowest BCUT2D eigenvalue weighted by Crippen LogP contribution is -2.82. The van der Waals surface area contributed by atoms with Gasteiger partial charge in [0.05, 0.1) is 36.6 Å². The fraction of sp³-hybridized carbons (Fsp3) is 0.300. The van der Waals surface area contributed by atoms with Gasteiger partial charge in [-0.1, -0.05) is 0 Å². The predicted molar refractivity (Wildman–Crippen MR) is 151 cm³/mol. The van der Waals surface area contributed by atoms with Crippen LogP contribution in [0.25, 0.3) is 22.3 Å². The topological polar surface area (TPSA) is 105 Å². The Morgan fingerprint density at radius 3 is 2.30 bits per heavy atom. The highest BCUT2D eigenvalue weighted by molar-refractivity contribution is 7.92. The van der Waals surface area contributed by atoms with Gasteiger partial charge in [0.25, 0.3) is 5.91 Å². The van der Waals surface area contributed by atoms with Crippen LogP contribution in [0.15, 0.2) is 65.1 Å². The van der Waals surface area contributed by atoms with Crippen molar-refractivity contribution in [3.8, 4) is 22.8 Å². The Kier molecular flexibility index (Phi) is 6.75. The van der Waals surface area contributed by atoms with Gasteiger partial charge in [0.1, 0.15) is 28.7 Å². The highest BCUT2D eigenvalue weighted by Gasteiger charge is 2.37. The SMILES string of the molecule is CNC(=O)c1c(-c2ccc(Oc3ccc(F)cc3)cc2)oc2cc(N(C3CC[NH2+]C3)S(C)(=O)=O)c(C3CC3)cc12. The van der Waals surface area contributed by atoms with E-state index in [1.165, 1.54) is 18.4 Å². The first-order chi connectivity index (χ1) is 19.2. The molecule has 1 aliphatic heterocycles. The fourth-order valence-corrected chi connectivity index (χ4v) is 6.77. The summed E-state index contributed by atoms with van der Waals surface area (Å²) in [4.78, 5) is 13.2. The number of nitrogens with zero attached hydrogens (tertiary/aromatic N) is 1. The van der Waals surface area contributed by atoms with E-state index in [-0.39, 0.29) is 23.7 Å². The minimum absolute atomic E-state index is 0.133. The van der Waals surface area contributed by atoms with Crippen molar-refractivity contribution >= 4 is 32.6 Å². The van der Waals surface area contributed by atoms with Crippen molar-refractivity contribution in [3.63, 3.8) is 0 Å². The van der Waals surface area contributed by atoms with E-state index in [0.29, 0.717) is 51.6 Å². The van der Waals surface area contributed by atoms with E-state index in [4.69, 9.17) is 9.15 Å². The van der Waals surface area contributed by atoms with Crippen molar-refractivity contribution in [3.05, 3.63) is 77.6 Å². The van der Waals surface area contributed by atoms with Gasteiger partial charge < -0.3 is 19.8 Å². The van der Waals surface area contributed by atoms with Crippen molar-refractivity contribution in [2.24, 2.45) is 0 Å². The van der Waals surface area contributed by atoms with Gasteiger partial charge in [-0.2, -0.15) is 0 Å². The molecule has 40 heavy (non-hydrogen) atoms. The molecule has 1 aromatic heterocycles. The summed E-state index contributed by atoms with van der Waals surface area (Å²) in [7, 11) is -1.98. The number of hydrogen-bond donors (Lipinski definition) is 2. The van der Waals surface area contributed by atoms with Crippen LogP contribution in [-0.4, -0.2) is 46.8 Å². The van der Waals surface area contributed by atoms with Crippen LogP contribution in [0.4, 0.5) is 10.1 Å². The first-order valence-corrected chi connectivity index (χ1v) is 15.2. The van der Waals surface area contributed by atoms with Crippen LogP contribution < -0.4 is 19.7 Å². The van der Waals surface area contributed by atoms with E-state index < -0.39 is 10.0 Å². The minimum Gasteiger partial charge on any atom is -0.457 e. The van der Waals surface area contributed by atoms with Gasteiger partial charge in [0.15, 0.2) is 0 Å². The number of ether oxygens (including phenoxy) is 1. The Labute approximate surface area is 232 Å². The summed E-state index contributed by atoms with van der Waals surface area (Å²) in [6, 6.07) is 16.5. The van der Waals surface area contributed by atoms with Crippen LogP contribution in [0.2, 0.25) is 0 Å². The molecule has 6 rings (SSSR count). The molecule has 8 nitrogen and oxygen atoms in total. The molecule has 1 saturated heterocycles. The molecule has 0 radical (unpaired) electrons. The predicted octanol–water partition coefficient (Wildman–Crippen LogP) is 4.37. The molecular weight excluding hydrogens is 533 g/mol. The average molecular weight is 565 g/mol. The number of carbonyl (C=O) groups is 1. The van der Waals surface area contributed by atoms with Gasteiger partial charge in [0.2, 0.25) is 10.0 Å². The van der Waals surface area contributed by atoms with Gasteiger partial charge in [-0.05, 0) is 78.9 Å². The zero-order valence-corrected chi connectivity index (χ0v) is 23.1. The van der Waals surface area contributed by atoms with Crippen LogP contribution in [0, 0.1) is 5.82 Å². The van der Waals surface area contributed by atoms with Gasteiger partial charge in [0, 0.05) is 30.5 Å². The molecule has 2 aliphatic rings. The van der Waals surface area contributed by atoms with Crippen molar-refractivity contribution in [2.75, 3.05) is 30.7 Å². The second-order valence-electron chi connectivity index (χ2n) is 10.5. The summed E-state index contributed by atoms with van der Waals surface area (Å²) >= 11 is 0. The summed E-state index contributed by atoms with van der Waals surface area (Å²) in [6.07, 6.45) is 3.98. The third-order valence-corrected chi connectivity index (χ3v) is 8.75. The molecular formula is C30H31FN3O5S+. The lowest BCUT2D eigenvalue weighted by molar-refractivity contribution is -0.636. The zero-order chi connectivity index (χ0) is 28.0. The second kappa shape index (κ2) is 10.3. The lowest BCUT2D eigenvalue weighted by Gasteiger charge is -2.29. The number of rotatable bonds is 8. The van der Waals surface area contributed by atoms with Crippen molar-refractivity contribution in [2.45, 2.75) is 31.2 Å². The summed E-state index contributed by atoms with van der Waals surface area (Å²) in [5.41, 5.74) is 3.10. The molecule has 1 amide bonds. The minimum atomic E-state index is -3.55. The molecule has 1 atom stereocenters. The third kappa shape index (κ3) is 5.04. The molecule has 1 aliphatic carbocycles. The number of fused-ring (bicyclic) bond motifs is 1. The van der Waals surface area contributed by atoms with Crippen LogP contribution in [-0.2, 0) is 10.0 Å². The van der Waals surface area contributed by atoms with Crippen LogP contribution in [0.5, 0.6) is 11.5 Å². The van der Waals surface area contributed by atoms with Crippen LogP contribution in [0.1, 0.15) is 41.1 Å². The maximum absolute atomic E-state index is 13.2. The van der Waals surface area contributed by atoms with Crippen LogP contribution in [0.3, 0.4) is 0 Å². The maximum atomic E-state index is 13.2. The van der Waals surface area contributed by atoms with Crippen molar-refractivity contribution < 1.29 is 32.1 Å². The Morgan fingerprint density at radius 1 is 1.05 bits per heavy atom. The third-order valence-electron chi connectivity index (χ3n) is 7.54. The summed E-state index contributed by atoms with van der Waals surface area (Å²) < 4.78 is 53.1. The van der Waals surface area contributed by atoms with Crippen LogP contribution >= 0.6 is 0 Å². The van der Waals surface area contributed by atoms with Gasteiger partial charge >= 0.3 is 0 Å². The number of nitrogens with two attached hydrogens (primary N) is 1. The zero-order valence-electron chi connectivity index (χ0n) is 22.3. The molecule has 2 fully saturated rings. The van der Waals surface area contributed by atoms with Gasteiger partial charge in [-0.3, -0.25) is 9.10 Å². The molecule has 1 saturated carbocycles. The average Bonchev–Trinajstić information content (AvgIpc) is 3.51. The highest BCUT2D eigenvalue weighted by Crippen LogP contribution is 2.48. The Morgan fingerprint density at radius 2 is 1.73 bits per heavy atom. The molecule has 3 aromatic carbocycles. The molecule has 2 heterocycles. The number of sulfonamides is 1. The van der Waals surface area contributed by atoms with E-state index >= 15 is 0 Å². The summed E-state index contributed by atoms with van der Waals surface area (Å²) in [5.74, 6) is 1.04. The standard InChI is InChI=1S/C30H30FN3O5S/c1-32-30(35)28-25-15-24(18-3-4-18)26(34(40(2,36)37)21-13-14-33-17-21)16-27(25)39-29(28)19-5-9-22(10-6-19)38-23-11-7-20(31)8-12-23/h5-12,15-16,18,21,33H,3-4,13-14,17H2,1-2H3,(H,32,35)/p+1. The molecule has 3 N–H and O–H groups in total. The Hall–Kier alpha value is -3.89. The number of hydrogen-bond acceptors (Lipinski definition) is 5. The monoisotopic (exact) mass is 564 g/mol. The summed E-state index contributed by atoms with van der Waals surface area (Å²) in [6.45, 7) is 1.58. The number of carbonyl (C=O) groups excluding carboxylic acids is 1. The van der Waals surface area contributed by atoms with Crippen molar-refractivity contribution in [1.29, 1.82) is 0 Å². The largest absolute Gasteiger partial charge is 0.457 e. The number of quaternary nitrogens is 1. The number of anilines is 1. The number of benzene rings is 3. The van der Waals surface area contributed by atoms with E-state index in [9.17, 15) is 17.6 Å². The molecule has 4 aromatic rings. The van der Waals surface area contributed by atoms with E-state index in [0.717, 1.165) is 31.4 Å². The number of halogens is 1. The summed E-state index contributed by atoms with van der Waals surface area (Å²) in [5, 5.41) is 5.51. The van der Waals surface area contributed by atoms with E-state index in [1.54, 1.807) is 53.8 Å². The second-order valence-corrected chi connectivity index (χ2v) is 12.3. The molecule has 0 spiro atoms. The smallest absolute Gasteiger partial charge is 0.255 e. The van der Waals surface area contributed by atoms with Gasteiger partial charge in [-0.25, -0.2) is 12.8 Å². The first-order valence-electron chi connectivity index (χ1n) is 13.4. The fourth-order valence-electron chi connectivity index (χ4n) is 5.53. The highest BCUT2D eigenvalue weighted by atomic mass is 32.2. The Balaban J connectivity index is 1.45. The number of furan rings is 1. The maximum Gasteiger partial charge on any atom is 0.255 e. The van der Waals surface area contributed by atoms with E-state index in [1.807, 2.05) is 6.07 Å². The molecule has 1 unspecified atom stereocenters.